The highest BCUT2D eigenvalue weighted by Crippen LogP contribution is 2.10. The molecule has 0 amide bonds. The lowest BCUT2D eigenvalue weighted by atomic mass is 10.0. The van der Waals surface area contributed by atoms with Crippen molar-refractivity contribution < 1.29 is 14.6 Å². The highest BCUT2D eigenvalue weighted by Gasteiger charge is 2.22. The molecule has 1 N–H and O–H groups in total. The first-order valence-electron chi connectivity index (χ1n) is 4.40. The lowest BCUT2D eigenvalue weighted by molar-refractivity contribution is -0.0893. The second kappa shape index (κ2) is 5.51. The van der Waals surface area contributed by atoms with Crippen LogP contribution in [0.3, 0.4) is 0 Å². The van der Waals surface area contributed by atoms with Gasteiger partial charge in [-0.1, -0.05) is 0 Å². The maximum absolute atomic E-state index is 9.48. The van der Waals surface area contributed by atoms with Gasteiger partial charge in [-0.15, -0.1) is 0 Å². The van der Waals surface area contributed by atoms with Crippen LogP contribution in [0.25, 0.3) is 0 Å². The third kappa shape index (κ3) is 5.52. The van der Waals surface area contributed by atoms with Gasteiger partial charge in [-0.3, -0.25) is 0 Å². The minimum atomic E-state index is -0.772. The summed E-state index contributed by atoms with van der Waals surface area (Å²) in [6, 6.07) is 0. The summed E-state index contributed by atoms with van der Waals surface area (Å²) in [5.41, 5.74) is -0.772. The number of ether oxygens (including phenoxy) is 2. The summed E-state index contributed by atoms with van der Waals surface area (Å²) in [4.78, 5) is 0. The Labute approximate surface area is 74.7 Å². The van der Waals surface area contributed by atoms with E-state index in [-0.39, 0.29) is 6.10 Å². The van der Waals surface area contributed by atoms with Crippen molar-refractivity contribution in [3.63, 3.8) is 0 Å². The van der Waals surface area contributed by atoms with Gasteiger partial charge in [0.25, 0.3) is 0 Å². The van der Waals surface area contributed by atoms with Crippen molar-refractivity contribution in [1.29, 1.82) is 0 Å². The van der Waals surface area contributed by atoms with Crippen LogP contribution < -0.4 is 0 Å². The van der Waals surface area contributed by atoms with Crippen molar-refractivity contribution in [2.45, 2.75) is 39.4 Å². The maximum atomic E-state index is 9.48. The van der Waals surface area contributed by atoms with Crippen LogP contribution >= 0.6 is 0 Å². The molecule has 0 bridgehead atoms. The van der Waals surface area contributed by atoms with Gasteiger partial charge in [-0.2, -0.15) is 0 Å². The topological polar surface area (TPSA) is 38.7 Å². The van der Waals surface area contributed by atoms with Crippen molar-refractivity contribution >= 4 is 0 Å². The van der Waals surface area contributed by atoms with Crippen molar-refractivity contribution in [3.05, 3.63) is 0 Å². The summed E-state index contributed by atoms with van der Waals surface area (Å²) in [6.45, 7) is 9.11. The predicted octanol–water partition coefficient (Wildman–Crippen LogP) is 1.20. The second-order valence-electron chi connectivity index (χ2n) is 3.36. The molecule has 3 nitrogen and oxygen atoms in total. The molecule has 12 heavy (non-hydrogen) atoms. The van der Waals surface area contributed by atoms with Crippen LogP contribution in [0.5, 0.6) is 0 Å². The van der Waals surface area contributed by atoms with E-state index in [0.717, 1.165) is 0 Å². The molecule has 0 fully saturated rings. The molecule has 0 aromatic heterocycles. The van der Waals surface area contributed by atoms with Gasteiger partial charge < -0.3 is 14.6 Å². The van der Waals surface area contributed by atoms with Gasteiger partial charge in [0.15, 0.2) is 0 Å². The number of hydrogen-bond donors (Lipinski definition) is 1. The molecule has 0 radical (unpaired) electrons. The standard InChI is InChI=1S/C9H20O3/c1-5-11-6-7-12-8(2)9(3,4)10/h8,10H,5-7H2,1-4H3. The van der Waals surface area contributed by atoms with Crippen LogP contribution in [0.1, 0.15) is 27.7 Å². The van der Waals surface area contributed by atoms with Gasteiger partial charge >= 0.3 is 0 Å². The first-order valence-corrected chi connectivity index (χ1v) is 4.40. The molecule has 0 heterocycles. The van der Waals surface area contributed by atoms with Crippen LogP contribution in [0, 0.1) is 0 Å². The molecular formula is C9H20O3. The van der Waals surface area contributed by atoms with E-state index in [4.69, 9.17) is 9.47 Å². The van der Waals surface area contributed by atoms with Crippen LogP contribution in [-0.4, -0.2) is 36.6 Å². The summed E-state index contributed by atoms with van der Waals surface area (Å²) in [7, 11) is 0. The molecule has 0 aliphatic carbocycles. The normalized spacial score (nSPS) is 14.8. The largest absolute Gasteiger partial charge is 0.388 e. The fraction of sp³-hybridized carbons (Fsp3) is 1.00. The molecule has 1 unspecified atom stereocenters. The molecule has 0 saturated carbocycles. The molecule has 74 valence electrons. The van der Waals surface area contributed by atoms with Gasteiger partial charge in [0.05, 0.1) is 24.9 Å². The van der Waals surface area contributed by atoms with E-state index < -0.39 is 5.60 Å². The third-order valence-corrected chi connectivity index (χ3v) is 1.79. The monoisotopic (exact) mass is 176 g/mol. The Kier molecular flexibility index (Phi) is 5.46. The van der Waals surface area contributed by atoms with Crippen molar-refractivity contribution in [2.24, 2.45) is 0 Å². The molecule has 0 aliphatic rings. The van der Waals surface area contributed by atoms with Gasteiger partial charge in [0.2, 0.25) is 0 Å². The summed E-state index contributed by atoms with van der Waals surface area (Å²) >= 11 is 0. The van der Waals surface area contributed by atoms with E-state index >= 15 is 0 Å². The zero-order valence-electron chi connectivity index (χ0n) is 8.46. The Morgan fingerprint density at radius 3 is 2.33 bits per heavy atom. The Bertz CT molecular complexity index is 107. The number of aliphatic hydroxyl groups is 1. The van der Waals surface area contributed by atoms with Gasteiger partial charge in [-0.25, -0.2) is 0 Å². The first kappa shape index (κ1) is 11.9. The Morgan fingerprint density at radius 1 is 1.33 bits per heavy atom. The average molecular weight is 176 g/mol. The van der Waals surface area contributed by atoms with E-state index in [1.165, 1.54) is 0 Å². The zero-order chi connectivity index (χ0) is 9.61. The van der Waals surface area contributed by atoms with E-state index in [1.54, 1.807) is 13.8 Å². The molecule has 0 saturated heterocycles. The summed E-state index contributed by atoms with van der Waals surface area (Å²) in [5.74, 6) is 0. The fourth-order valence-electron chi connectivity index (χ4n) is 0.632. The number of rotatable bonds is 6. The molecule has 0 spiro atoms. The van der Waals surface area contributed by atoms with E-state index in [2.05, 4.69) is 0 Å². The SMILES string of the molecule is CCOCCOC(C)C(C)(C)O. The summed E-state index contributed by atoms with van der Waals surface area (Å²) < 4.78 is 10.4. The predicted molar refractivity (Wildman–Crippen MR) is 48.2 cm³/mol. The maximum Gasteiger partial charge on any atom is 0.0849 e. The van der Waals surface area contributed by atoms with E-state index in [9.17, 15) is 5.11 Å². The highest BCUT2D eigenvalue weighted by atomic mass is 16.5. The van der Waals surface area contributed by atoms with Crippen LogP contribution in [0.15, 0.2) is 0 Å². The summed E-state index contributed by atoms with van der Waals surface area (Å²) in [5, 5.41) is 9.48. The first-order chi connectivity index (χ1) is 5.48. The minimum Gasteiger partial charge on any atom is -0.388 e. The van der Waals surface area contributed by atoms with E-state index in [1.807, 2.05) is 13.8 Å². The van der Waals surface area contributed by atoms with E-state index in [0.29, 0.717) is 19.8 Å². The van der Waals surface area contributed by atoms with Crippen molar-refractivity contribution in [2.75, 3.05) is 19.8 Å². The van der Waals surface area contributed by atoms with Crippen molar-refractivity contribution in [1.82, 2.24) is 0 Å². The fourth-order valence-corrected chi connectivity index (χ4v) is 0.632. The lowest BCUT2D eigenvalue weighted by Gasteiger charge is -2.25. The zero-order valence-corrected chi connectivity index (χ0v) is 8.46. The second-order valence-corrected chi connectivity index (χ2v) is 3.36. The molecule has 0 aromatic rings. The number of hydrogen-bond acceptors (Lipinski definition) is 3. The van der Waals surface area contributed by atoms with Gasteiger partial charge in [0, 0.05) is 6.61 Å². The van der Waals surface area contributed by atoms with Crippen molar-refractivity contribution in [3.8, 4) is 0 Å². The van der Waals surface area contributed by atoms with Gasteiger partial charge in [-0.05, 0) is 27.7 Å². The summed E-state index contributed by atoms with van der Waals surface area (Å²) in [6.07, 6.45) is -0.155. The van der Waals surface area contributed by atoms with Crippen LogP contribution in [-0.2, 0) is 9.47 Å². The smallest absolute Gasteiger partial charge is 0.0849 e. The quantitative estimate of drug-likeness (QED) is 0.618. The average Bonchev–Trinajstić information content (AvgIpc) is 1.96. The van der Waals surface area contributed by atoms with Gasteiger partial charge in [0.1, 0.15) is 0 Å². The minimum absolute atomic E-state index is 0.155. The Balaban J connectivity index is 3.38. The lowest BCUT2D eigenvalue weighted by Crippen LogP contribution is -2.36. The third-order valence-electron chi connectivity index (χ3n) is 1.79. The Hall–Kier alpha value is -0.120. The Morgan fingerprint density at radius 2 is 1.92 bits per heavy atom. The van der Waals surface area contributed by atoms with Crippen LogP contribution in [0.2, 0.25) is 0 Å². The molecule has 3 heteroatoms. The molecule has 0 aliphatic heterocycles. The molecular weight excluding hydrogens is 156 g/mol. The van der Waals surface area contributed by atoms with Crippen LogP contribution in [0.4, 0.5) is 0 Å². The molecule has 0 rings (SSSR count). The highest BCUT2D eigenvalue weighted by molar-refractivity contribution is 4.73. The molecule has 0 aromatic carbocycles. The molecule has 1 atom stereocenters.